The van der Waals surface area contributed by atoms with Crippen molar-refractivity contribution in [1.29, 1.82) is 0 Å². The summed E-state index contributed by atoms with van der Waals surface area (Å²) < 4.78 is 5.37. The van der Waals surface area contributed by atoms with Crippen LogP contribution >= 0.6 is 0 Å². The van der Waals surface area contributed by atoms with Crippen LogP contribution in [0.15, 0.2) is 4.52 Å². The highest BCUT2D eigenvalue weighted by Gasteiger charge is 2.33. The van der Waals surface area contributed by atoms with Gasteiger partial charge in [-0.2, -0.15) is 4.98 Å². The SMILES string of the molecule is CC(C)C(NC(=O)N1CCC(C)C(O)C1)c1nc(C2CC2)no1. The lowest BCUT2D eigenvalue weighted by Crippen LogP contribution is -2.50. The van der Waals surface area contributed by atoms with Gasteiger partial charge >= 0.3 is 6.03 Å². The van der Waals surface area contributed by atoms with Gasteiger partial charge in [0.1, 0.15) is 6.04 Å². The second-order valence-corrected chi connectivity index (χ2v) is 7.22. The maximum atomic E-state index is 12.5. The van der Waals surface area contributed by atoms with Gasteiger partial charge in [-0.3, -0.25) is 0 Å². The fourth-order valence-corrected chi connectivity index (χ4v) is 2.85. The number of aromatic nitrogens is 2. The number of nitrogens with one attached hydrogen (secondary N) is 1. The first-order valence-electron chi connectivity index (χ1n) is 8.52. The molecule has 7 heteroatoms. The molecule has 3 unspecified atom stereocenters. The van der Waals surface area contributed by atoms with Crippen LogP contribution < -0.4 is 5.32 Å². The molecule has 2 fully saturated rings. The first-order valence-corrected chi connectivity index (χ1v) is 8.52. The van der Waals surface area contributed by atoms with Gasteiger partial charge in [-0.1, -0.05) is 25.9 Å². The van der Waals surface area contributed by atoms with Gasteiger partial charge in [0.05, 0.1) is 6.10 Å². The van der Waals surface area contributed by atoms with Crippen molar-refractivity contribution in [1.82, 2.24) is 20.4 Å². The van der Waals surface area contributed by atoms with E-state index < -0.39 is 6.10 Å². The van der Waals surface area contributed by atoms with Crippen LogP contribution in [0, 0.1) is 11.8 Å². The summed E-state index contributed by atoms with van der Waals surface area (Å²) in [6.07, 6.45) is 2.58. The Labute approximate surface area is 136 Å². The summed E-state index contributed by atoms with van der Waals surface area (Å²) in [5.74, 6) is 2.02. The number of hydrogen-bond donors (Lipinski definition) is 2. The fourth-order valence-electron chi connectivity index (χ4n) is 2.85. The van der Waals surface area contributed by atoms with Gasteiger partial charge in [-0.25, -0.2) is 4.79 Å². The van der Waals surface area contributed by atoms with Gasteiger partial charge < -0.3 is 19.8 Å². The quantitative estimate of drug-likeness (QED) is 0.885. The van der Waals surface area contributed by atoms with E-state index in [2.05, 4.69) is 15.5 Å². The largest absolute Gasteiger partial charge is 0.391 e. The Hall–Kier alpha value is -1.63. The fraction of sp³-hybridized carbons (Fsp3) is 0.812. The third-order valence-electron chi connectivity index (χ3n) is 4.82. The molecule has 128 valence electrons. The average molecular weight is 322 g/mol. The van der Waals surface area contributed by atoms with Crippen LogP contribution in [0.3, 0.4) is 0 Å². The Bertz CT molecular complexity index is 555. The van der Waals surface area contributed by atoms with E-state index in [1.165, 1.54) is 0 Å². The molecule has 1 saturated heterocycles. The second kappa shape index (κ2) is 6.47. The zero-order valence-corrected chi connectivity index (χ0v) is 14.0. The molecule has 2 heterocycles. The molecule has 0 bridgehead atoms. The minimum atomic E-state index is -0.461. The topological polar surface area (TPSA) is 91.5 Å². The van der Waals surface area contributed by atoms with E-state index >= 15 is 0 Å². The van der Waals surface area contributed by atoms with Crippen molar-refractivity contribution < 1.29 is 14.4 Å². The van der Waals surface area contributed by atoms with Crippen molar-refractivity contribution in [2.75, 3.05) is 13.1 Å². The lowest BCUT2D eigenvalue weighted by atomic mass is 9.96. The lowest BCUT2D eigenvalue weighted by Gasteiger charge is -2.35. The maximum absolute atomic E-state index is 12.5. The van der Waals surface area contributed by atoms with E-state index in [0.717, 1.165) is 25.1 Å². The van der Waals surface area contributed by atoms with Gasteiger partial charge in [0.15, 0.2) is 5.82 Å². The molecule has 1 aliphatic carbocycles. The summed E-state index contributed by atoms with van der Waals surface area (Å²) in [5, 5.41) is 17.0. The lowest BCUT2D eigenvalue weighted by molar-refractivity contribution is 0.0423. The summed E-state index contributed by atoms with van der Waals surface area (Å²) in [6.45, 7) is 7.06. The number of nitrogens with zero attached hydrogens (tertiary/aromatic N) is 3. The van der Waals surface area contributed by atoms with E-state index in [1.807, 2.05) is 20.8 Å². The zero-order chi connectivity index (χ0) is 16.6. The highest BCUT2D eigenvalue weighted by molar-refractivity contribution is 5.74. The Morgan fingerprint density at radius 3 is 2.74 bits per heavy atom. The van der Waals surface area contributed by atoms with Crippen LogP contribution in [-0.2, 0) is 0 Å². The normalized spacial score (nSPS) is 26.4. The highest BCUT2D eigenvalue weighted by atomic mass is 16.5. The monoisotopic (exact) mass is 322 g/mol. The molecular weight excluding hydrogens is 296 g/mol. The molecule has 1 aliphatic heterocycles. The van der Waals surface area contributed by atoms with Crippen LogP contribution in [-0.4, -0.2) is 45.4 Å². The van der Waals surface area contributed by atoms with Crippen molar-refractivity contribution in [3.63, 3.8) is 0 Å². The third kappa shape index (κ3) is 3.65. The third-order valence-corrected chi connectivity index (χ3v) is 4.82. The molecule has 23 heavy (non-hydrogen) atoms. The smallest absolute Gasteiger partial charge is 0.318 e. The van der Waals surface area contributed by atoms with E-state index in [9.17, 15) is 9.90 Å². The molecule has 3 rings (SSSR count). The standard InChI is InChI=1S/C16H26N4O3/c1-9(2)13(15-18-14(19-23-15)11-4-5-11)17-16(22)20-7-6-10(3)12(21)8-20/h9-13,21H,4-8H2,1-3H3,(H,17,22). The van der Waals surface area contributed by atoms with E-state index in [1.54, 1.807) is 4.90 Å². The molecule has 1 saturated carbocycles. The van der Waals surface area contributed by atoms with E-state index in [0.29, 0.717) is 24.9 Å². The first-order chi connectivity index (χ1) is 11.0. The van der Waals surface area contributed by atoms with E-state index in [-0.39, 0.29) is 23.9 Å². The molecule has 2 N–H and O–H groups in total. The summed E-state index contributed by atoms with van der Waals surface area (Å²) >= 11 is 0. The van der Waals surface area contributed by atoms with Crippen LogP contribution in [0.25, 0.3) is 0 Å². The van der Waals surface area contributed by atoms with Gasteiger partial charge in [0.25, 0.3) is 0 Å². The summed E-state index contributed by atoms with van der Waals surface area (Å²) in [7, 11) is 0. The summed E-state index contributed by atoms with van der Waals surface area (Å²) in [4.78, 5) is 18.6. The minimum Gasteiger partial charge on any atom is -0.391 e. The number of rotatable bonds is 4. The molecule has 2 aliphatic rings. The molecule has 0 spiro atoms. The van der Waals surface area contributed by atoms with Gasteiger partial charge in [-0.05, 0) is 31.1 Å². The predicted octanol–water partition coefficient (Wildman–Crippen LogP) is 2.06. The van der Waals surface area contributed by atoms with Crippen molar-refractivity contribution in [2.45, 2.75) is 58.1 Å². The van der Waals surface area contributed by atoms with Crippen LogP contribution in [0.1, 0.15) is 63.7 Å². The predicted molar refractivity (Wildman–Crippen MR) is 83.7 cm³/mol. The number of β-amino-alcohol motifs (C(OH)–C–C–N with tert-alkyl or cyclic N) is 1. The second-order valence-electron chi connectivity index (χ2n) is 7.22. The number of aliphatic hydroxyl groups is 1. The molecular formula is C16H26N4O3. The number of likely N-dealkylation sites (tertiary alicyclic amines) is 1. The molecule has 1 aromatic heterocycles. The first kappa shape index (κ1) is 16.2. The average Bonchev–Trinajstić information content (AvgIpc) is 3.25. The Morgan fingerprint density at radius 1 is 1.39 bits per heavy atom. The molecule has 0 aromatic carbocycles. The van der Waals surface area contributed by atoms with E-state index in [4.69, 9.17) is 4.52 Å². The molecule has 7 nitrogen and oxygen atoms in total. The summed E-state index contributed by atoms with van der Waals surface area (Å²) in [6, 6.07) is -0.486. The molecule has 3 atom stereocenters. The number of urea groups is 1. The molecule has 0 radical (unpaired) electrons. The number of aliphatic hydroxyl groups excluding tert-OH is 1. The van der Waals surface area contributed by atoms with Gasteiger partial charge in [0, 0.05) is 19.0 Å². The van der Waals surface area contributed by atoms with Crippen molar-refractivity contribution in [3.8, 4) is 0 Å². The number of amides is 2. The zero-order valence-electron chi connectivity index (χ0n) is 14.0. The number of piperidine rings is 1. The van der Waals surface area contributed by atoms with Crippen molar-refractivity contribution in [2.24, 2.45) is 11.8 Å². The number of hydrogen-bond acceptors (Lipinski definition) is 5. The minimum absolute atomic E-state index is 0.139. The van der Waals surface area contributed by atoms with Crippen LogP contribution in [0.5, 0.6) is 0 Å². The molecule has 2 amide bonds. The summed E-state index contributed by atoms with van der Waals surface area (Å²) in [5.41, 5.74) is 0. The Balaban J connectivity index is 1.65. The Kier molecular flexibility index (Phi) is 4.57. The number of carbonyl (C=O) groups excluding carboxylic acids is 1. The molecule has 1 aromatic rings. The van der Waals surface area contributed by atoms with Gasteiger partial charge in [0.2, 0.25) is 5.89 Å². The number of carbonyl (C=O) groups is 1. The van der Waals surface area contributed by atoms with Crippen molar-refractivity contribution >= 4 is 6.03 Å². The van der Waals surface area contributed by atoms with Crippen LogP contribution in [0.4, 0.5) is 4.79 Å². The van der Waals surface area contributed by atoms with Crippen molar-refractivity contribution in [3.05, 3.63) is 11.7 Å². The van der Waals surface area contributed by atoms with Gasteiger partial charge in [-0.15, -0.1) is 0 Å². The Morgan fingerprint density at radius 2 is 2.13 bits per heavy atom. The maximum Gasteiger partial charge on any atom is 0.318 e. The highest BCUT2D eigenvalue weighted by Crippen LogP contribution is 2.38. The van der Waals surface area contributed by atoms with Crippen LogP contribution in [0.2, 0.25) is 0 Å².